The molecule has 0 aliphatic rings. The van der Waals surface area contributed by atoms with Gasteiger partial charge in [-0.3, -0.25) is 10.2 Å². The molecule has 88 valence electrons. The summed E-state index contributed by atoms with van der Waals surface area (Å²) in [5, 5.41) is 0.255. The van der Waals surface area contributed by atoms with Gasteiger partial charge in [0, 0.05) is 5.02 Å². The van der Waals surface area contributed by atoms with Crippen molar-refractivity contribution >= 4 is 17.5 Å². The number of hydrogen-bond acceptors (Lipinski definition) is 3. The third-order valence-electron chi connectivity index (χ3n) is 1.94. The summed E-state index contributed by atoms with van der Waals surface area (Å²) >= 11 is 5.58. The fraction of sp³-hybridized carbons (Fsp3) is 0.300. The molecule has 4 nitrogen and oxygen atoms in total. The highest BCUT2D eigenvalue weighted by Gasteiger charge is 2.30. The van der Waals surface area contributed by atoms with Crippen LogP contribution in [0.3, 0.4) is 0 Å². The molecule has 0 heterocycles. The Morgan fingerprint density at radius 3 is 2.69 bits per heavy atom. The Balaban J connectivity index is 2.92. The van der Waals surface area contributed by atoms with Gasteiger partial charge in [0.1, 0.15) is 0 Å². The SMILES string of the molecule is CC(C)(Oc1ccc(Cl)cc1F)C(=O)NN. The molecule has 0 saturated carbocycles. The van der Waals surface area contributed by atoms with Crippen molar-refractivity contribution in [3.63, 3.8) is 0 Å². The molecule has 0 unspecified atom stereocenters. The quantitative estimate of drug-likeness (QED) is 0.484. The van der Waals surface area contributed by atoms with E-state index >= 15 is 0 Å². The van der Waals surface area contributed by atoms with E-state index < -0.39 is 17.3 Å². The van der Waals surface area contributed by atoms with Gasteiger partial charge in [0.15, 0.2) is 17.2 Å². The molecule has 1 rings (SSSR count). The van der Waals surface area contributed by atoms with E-state index in [4.69, 9.17) is 22.2 Å². The molecule has 0 aliphatic carbocycles. The molecule has 0 fully saturated rings. The first-order valence-corrected chi connectivity index (χ1v) is 4.90. The highest BCUT2D eigenvalue weighted by molar-refractivity contribution is 6.30. The second-order valence-electron chi connectivity index (χ2n) is 3.66. The molecule has 0 aliphatic heterocycles. The van der Waals surface area contributed by atoms with E-state index in [1.165, 1.54) is 26.0 Å². The van der Waals surface area contributed by atoms with Crippen molar-refractivity contribution in [1.82, 2.24) is 5.43 Å². The topological polar surface area (TPSA) is 64.3 Å². The van der Waals surface area contributed by atoms with E-state index in [-0.39, 0.29) is 10.8 Å². The van der Waals surface area contributed by atoms with Crippen LogP contribution in [0.5, 0.6) is 5.75 Å². The van der Waals surface area contributed by atoms with E-state index in [1.54, 1.807) is 0 Å². The van der Waals surface area contributed by atoms with Crippen LogP contribution in [-0.4, -0.2) is 11.5 Å². The smallest absolute Gasteiger partial charge is 0.277 e. The van der Waals surface area contributed by atoms with E-state index in [0.717, 1.165) is 6.07 Å². The number of carbonyl (C=O) groups excluding carboxylic acids is 1. The minimum atomic E-state index is -1.26. The van der Waals surface area contributed by atoms with Crippen molar-refractivity contribution in [3.8, 4) is 5.75 Å². The fourth-order valence-electron chi connectivity index (χ4n) is 1.05. The van der Waals surface area contributed by atoms with Crippen LogP contribution in [0.1, 0.15) is 13.8 Å². The predicted octanol–water partition coefficient (Wildman–Crippen LogP) is 1.63. The Labute approximate surface area is 97.5 Å². The maximum absolute atomic E-state index is 13.4. The van der Waals surface area contributed by atoms with Crippen LogP contribution in [0.15, 0.2) is 18.2 Å². The molecule has 1 aromatic carbocycles. The normalized spacial score (nSPS) is 11.1. The van der Waals surface area contributed by atoms with Crippen molar-refractivity contribution < 1.29 is 13.9 Å². The van der Waals surface area contributed by atoms with Crippen molar-refractivity contribution in [1.29, 1.82) is 0 Å². The van der Waals surface area contributed by atoms with Crippen LogP contribution in [0.2, 0.25) is 5.02 Å². The minimum absolute atomic E-state index is 0.0574. The summed E-state index contributed by atoms with van der Waals surface area (Å²) in [5.41, 5.74) is 0.683. The zero-order valence-corrected chi connectivity index (χ0v) is 9.64. The first-order valence-electron chi connectivity index (χ1n) is 4.52. The van der Waals surface area contributed by atoms with Gasteiger partial charge in [-0.1, -0.05) is 11.6 Å². The zero-order valence-electron chi connectivity index (χ0n) is 8.88. The Hall–Kier alpha value is -1.33. The maximum atomic E-state index is 13.4. The average molecular weight is 247 g/mol. The molecular formula is C10H12ClFN2O2. The number of benzene rings is 1. The van der Waals surface area contributed by atoms with Crippen molar-refractivity contribution in [2.24, 2.45) is 5.84 Å². The summed E-state index contributed by atoms with van der Waals surface area (Å²) in [5.74, 6) is 3.73. The number of hydrazine groups is 1. The molecule has 16 heavy (non-hydrogen) atoms. The average Bonchev–Trinajstić information content (AvgIpc) is 2.21. The molecule has 0 bridgehead atoms. The summed E-state index contributed by atoms with van der Waals surface area (Å²) in [4.78, 5) is 11.3. The number of nitrogens with two attached hydrogens (primary N) is 1. The van der Waals surface area contributed by atoms with E-state index in [1.807, 2.05) is 5.43 Å². The van der Waals surface area contributed by atoms with Crippen molar-refractivity contribution in [3.05, 3.63) is 29.0 Å². The number of hydrogen-bond donors (Lipinski definition) is 2. The van der Waals surface area contributed by atoms with Gasteiger partial charge in [-0.2, -0.15) is 0 Å². The largest absolute Gasteiger partial charge is 0.475 e. The van der Waals surface area contributed by atoms with Crippen LogP contribution < -0.4 is 16.0 Å². The van der Waals surface area contributed by atoms with Gasteiger partial charge >= 0.3 is 0 Å². The first-order chi connectivity index (χ1) is 7.36. The molecule has 6 heteroatoms. The Kier molecular flexibility index (Phi) is 3.72. The third kappa shape index (κ3) is 2.84. The van der Waals surface area contributed by atoms with Gasteiger partial charge in [-0.05, 0) is 32.0 Å². The highest BCUT2D eigenvalue weighted by atomic mass is 35.5. The second-order valence-corrected chi connectivity index (χ2v) is 4.10. The van der Waals surface area contributed by atoms with E-state index in [0.29, 0.717) is 0 Å². The molecule has 0 radical (unpaired) electrons. The summed E-state index contributed by atoms with van der Waals surface area (Å²) in [7, 11) is 0. The van der Waals surface area contributed by atoms with Crippen LogP contribution in [0.25, 0.3) is 0 Å². The van der Waals surface area contributed by atoms with Gasteiger partial charge in [0.25, 0.3) is 5.91 Å². The lowest BCUT2D eigenvalue weighted by Gasteiger charge is -2.24. The summed E-state index contributed by atoms with van der Waals surface area (Å²) in [6, 6.07) is 3.92. The molecule has 1 amide bonds. The van der Waals surface area contributed by atoms with Crippen LogP contribution in [-0.2, 0) is 4.79 Å². The number of halogens is 2. The number of rotatable bonds is 3. The van der Waals surface area contributed by atoms with Crippen LogP contribution in [0, 0.1) is 5.82 Å². The summed E-state index contributed by atoms with van der Waals surface area (Å²) in [6.07, 6.45) is 0. The fourth-order valence-corrected chi connectivity index (χ4v) is 1.21. The number of amides is 1. The Bertz CT molecular complexity index is 410. The molecule has 0 saturated heterocycles. The van der Waals surface area contributed by atoms with Gasteiger partial charge < -0.3 is 4.74 Å². The molecule has 0 atom stereocenters. The second kappa shape index (κ2) is 4.67. The molecule has 0 aromatic heterocycles. The van der Waals surface area contributed by atoms with E-state index in [2.05, 4.69) is 0 Å². The zero-order chi connectivity index (χ0) is 12.3. The van der Waals surface area contributed by atoms with Gasteiger partial charge in [-0.25, -0.2) is 10.2 Å². The summed E-state index contributed by atoms with van der Waals surface area (Å²) < 4.78 is 18.6. The monoisotopic (exact) mass is 246 g/mol. The highest BCUT2D eigenvalue weighted by Crippen LogP contribution is 2.24. The predicted molar refractivity (Wildman–Crippen MR) is 58.4 cm³/mol. The Morgan fingerprint density at radius 2 is 2.19 bits per heavy atom. The van der Waals surface area contributed by atoms with Gasteiger partial charge in [0.2, 0.25) is 0 Å². The van der Waals surface area contributed by atoms with Gasteiger partial charge in [-0.15, -0.1) is 0 Å². The minimum Gasteiger partial charge on any atom is -0.475 e. The molecular weight excluding hydrogens is 235 g/mol. The lowest BCUT2D eigenvalue weighted by molar-refractivity contribution is -0.134. The molecule has 0 spiro atoms. The van der Waals surface area contributed by atoms with Crippen molar-refractivity contribution in [2.45, 2.75) is 19.4 Å². The number of carbonyl (C=O) groups is 1. The standard InChI is InChI=1S/C10H12ClFN2O2/c1-10(2,9(15)14-13)16-8-4-3-6(11)5-7(8)12/h3-5H,13H2,1-2H3,(H,14,15). The number of nitrogens with one attached hydrogen (secondary N) is 1. The lowest BCUT2D eigenvalue weighted by atomic mass is 10.1. The number of ether oxygens (including phenoxy) is 1. The van der Waals surface area contributed by atoms with Crippen molar-refractivity contribution in [2.75, 3.05) is 0 Å². The van der Waals surface area contributed by atoms with Crippen LogP contribution in [0.4, 0.5) is 4.39 Å². The Morgan fingerprint density at radius 1 is 1.56 bits per heavy atom. The maximum Gasteiger partial charge on any atom is 0.277 e. The van der Waals surface area contributed by atoms with Crippen LogP contribution >= 0.6 is 11.6 Å². The lowest BCUT2D eigenvalue weighted by Crippen LogP contribution is -2.49. The first kappa shape index (κ1) is 12.7. The summed E-state index contributed by atoms with van der Waals surface area (Å²) in [6.45, 7) is 2.95. The van der Waals surface area contributed by atoms with E-state index in [9.17, 15) is 9.18 Å². The third-order valence-corrected chi connectivity index (χ3v) is 2.17. The van der Waals surface area contributed by atoms with Gasteiger partial charge in [0.05, 0.1) is 0 Å². The molecule has 3 N–H and O–H groups in total. The molecule has 1 aromatic rings.